The van der Waals surface area contributed by atoms with E-state index in [0.29, 0.717) is 0 Å². The van der Waals surface area contributed by atoms with Crippen LogP contribution in [0.4, 0.5) is 0 Å². The van der Waals surface area contributed by atoms with E-state index in [0.717, 1.165) is 5.57 Å². The van der Waals surface area contributed by atoms with Gasteiger partial charge in [0.25, 0.3) is 0 Å². The Morgan fingerprint density at radius 3 is 2.70 bits per heavy atom. The summed E-state index contributed by atoms with van der Waals surface area (Å²) in [5.41, 5.74) is 0.134. The lowest BCUT2D eigenvalue weighted by Gasteiger charge is -2.28. The summed E-state index contributed by atoms with van der Waals surface area (Å²) in [5.74, 6) is 0. The van der Waals surface area contributed by atoms with Gasteiger partial charge in [0.05, 0.1) is 5.38 Å². The third-order valence-electron chi connectivity index (χ3n) is 1.71. The van der Waals surface area contributed by atoms with Gasteiger partial charge in [0.15, 0.2) is 0 Å². The number of rotatable bonds is 0. The molecule has 2 atom stereocenters. The van der Waals surface area contributed by atoms with E-state index < -0.39 is 5.60 Å². The van der Waals surface area contributed by atoms with Crippen molar-refractivity contribution in [2.24, 2.45) is 0 Å². The lowest BCUT2D eigenvalue weighted by molar-refractivity contribution is 0.114. The van der Waals surface area contributed by atoms with Gasteiger partial charge < -0.3 is 5.11 Å². The number of halogens is 1. The number of aliphatic hydroxyl groups is 1. The van der Waals surface area contributed by atoms with E-state index in [4.69, 9.17) is 11.6 Å². The highest BCUT2D eigenvalue weighted by molar-refractivity contribution is 6.23. The minimum Gasteiger partial charge on any atom is -0.384 e. The normalized spacial score (nSPS) is 39.6. The van der Waals surface area contributed by atoms with Gasteiger partial charge in [0.1, 0.15) is 5.60 Å². The number of hydrogen-bond acceptors (Lipinski definition) is 1. The molecule has 0 aromatic rings. The molecule has 0 spiro atoms. The first-order valence-electron chi connectivity index (χ1n) is 3.26. The van der Waals surface area contributed by atoms with Crippen molar-refractivity contribution in [3.05, 3.63) is 23.8 Å². The quantitative estimate of drug-likeness (QED) is 0.534. The fourth-order valence-corrected chi connectivity index (χ4v) is 1.17. The average Bonchev–Trinajstić information content (AvgIpc) is 1.83. The Labute approximate surface area is 66.0 Å². The molecular weight excluding hydrogens is 148 g/mol. The molecule has 2 heteroatoms. The van der Waals surface area contributed by atoms with Crippen molar-refractivity contribution in [3.63, 3.8) is 0 Å². The van der Waals surface area contributed by atoms with Crippen LogP contribution in [0.2, 0.25) is 0 Å². The lowest BCUT2D eigenvalue weighted by atomic mass is 9.92. The molecule has 1 aliphatic rings. The van der Waals surface area contributed by atoms with E-state index in [-0.39, 0.29) is 5.38 Å². The summed E-state index contributed by atoms with van der Waals surface area (Å²) < 4.78 is 0. The van der Waals surface area contributed by atoms with Crippen molar-refractivity contribution in [2.75, 3.05) is 0 Å². The Hall–Kier alpha value is -0.270. The van der Waals surface area contributed by atoms with E-state index in [1.54, 1.807) is 13.0 Å². The standard InChI is InChI=1S/C8H11ClO/c1-6-4-3-5-8(2,10)7(6)9/h3-5,7,10H,1-2H3/t7?,8-/m1/s1. The summed E-state index contributed by atoms with van der Waals surface area (Å²) in [7, 11) is 0. The third-order valence-corrected chi connectivity index (χ3v) is 2.49. The molecule has 0 saturated heterocycles. The van der Waals surface area contributed by atoms with Gasteiger partial charge >= 0.3 is 0 Å². The zero-order valence-electron chi connectivity index (χ0n) is 6.13. The second-order valence-electron chi connectivity index (χ2n) is 2.86. The molecule has 0 radical (unpaired) electrons. The lowest BCUT2D eigenvalue weighted by Crippen LogP contribution is -2.35. The first-order chi connectivity index (χ1) is 4.54. The second-order valence-corrected chi connectivity index (χ2v) is 3.29. The van der Waals surface area contributed by atoms with Crippen molar-refractivity contribution < 1.29 is 5.11 Å². The topological polar surface area (TPSA) is 20.2 Å². The molecule has 1 rings (SSSR count). The summed E-state index contributed by atoms with van der Waals surface area (Å²) in [6, 6.07) is 0. The molecule has 0 fully saturated rings. The maximum atomic E-state index is 9.55. The Bertz CT molecular complexity index is 191. The highest BCUT2D eigenvalue weighted by atomic mass is 35.5. The van der Waals surface area contributed by atoms with Crippen LogP contribution in [-0.4, -0.2) is 16.1 Å². The van der Waals surface area contributed by atoms with Crippen molar-refractivity contribution in [1.29, 1.82) is 0 Å². The van der Waals surface area contributed by atoms with Crippen LogP contribution in [-0.2, 0) is 0 Å². The van der Waals surface area contributed by atoms with Crippen LogP contribution in [0.15, 0.2) is 23.8 Å². The first-order valence-corrected chi connectivity index (χ1v) is 3.70. The predicted molar refractivity (Wildman–Crippen MR) is 43.2 cm³/mol. The van der Waals surface area contributed by atoms with E-state index in [1.807, 2.05) is 19.1 Å². The van der Waals surface area contributed by atoms with Gasteiger partial charge in [-0.15, -0.1) is 11.6 Å². The zero-order chi connectivity index (χ0) is 7.78. The van der Waals surface area contributed by atoms with Gasteiger partial charge in [-0.2, -0.15) is 0 Å². The fourth-order valence-electron chi connectivity index (χ4n) is 1.02. The highest BCUT2D eigenvalue weighted by Crippen LogP contribution is 2.27. The van der Waals surface area contributed by atoms with E-state index in [9.17, 15) is 5.11 Å². The highest BCUT2D eigenvalue weighted by Gasteiger charge is 2.29. The van der Waals surface area contributed by atoms with Gasteiger partial charge in [-0.05, 0) is 13.8 Å². The monoisotopic (exact) mass is 158 g/mol. The number of allylic oxidation sites excluding steroid dienone is 2. The first kappa shape index (κ1) is 7.83. The summed E-state index contributed by atoms with van der Waals surface area (Å²) >= 11 is 5.89. The zero-order valence-corrected chi connectivity index (χ0v) is 6.89. The SMILES string of the molecule is CC1=CC=C[C@@](C)(O)C1Cl. The molecule has 1 unspecified atom stereocenters. The summed E-state index contributed by atoms with van der Waals surface area (Å²) in [6.07, 6.45) is 5.45. The molecule has 1 nitrogen and oxygen atoms in total. The van der Waals surface area contributed by atoms with Crippen molar-refractivity contribution in [1.82, 2.24) is 0 Å². The Morgan fingerprint density at radius 1 is 1.70 bits per heavy atom. The molecule has 0 saturated carbocycles. The van der Waals surface area contributed by atoms with Crippen LogP contribution in [0, 0.1) is 0 Å². The maximum Gasteiger partial charge on any atom is 0.100 e. The number of hydrogen-bond donors (Lipinski definition) is 1. The van der Waals surface area contributed by atoms with E-state index in [1.165, 1.54) is 0 Å². The molecule has 1 aliphatic carbocycles. The molecule has 0 amide bonds. The van der Waals surface area contributed by atoms with Gasteiger partial charge in [-0.1, -0.05) is 23.8 Å². The molecule has 0 aromatic heterocycles. The molecule has 0 heterocycles. The van der Waals surface area contributed by atoms with Gasteiger partial charge in [-0.25, -0.2) is 0 Å². The average molecular weight is 159 g/mol. The van der Waals surface area contributed by atoms with Crippen molar-refractivity contribution >= 4 is 11.6 Å². The Kier molecular flexibility index (Phi) is 1.88. The van der Waals surface area contributed by atoms with E-state index >= 15 is 0 Å². The van der Waals surface area contributed by atoms with E-state index in [2.05, 4.69) is 0 Å². The van der Waals surface area contributed by atoms with Gasteiger partial charge in [0.2, 0.25) is 0 Å². The molecule has 1 N–H and O–H groups in total. The smallest absolute Gasteiger partial charge is 0.100 e. The minimum atomic E-state index is -0.875. The second kappa shape index (κ2) is 2.40. The Morgan fingerprint density at radius 2 is 2.30 bits per heavy atom. The van der Waals surface area contributed by atoms with Crippen LogP contribution in [0.25, 0.3) is 0 Å². The van der Waals surface area contributed by atoms with Crippen LogP contribution in [0.5, 0.6) is 0 Å². The van der Waals surface area contributed by atoms with Crippen LogP contribution in [0.3, 0.4) is 0 Å². The van der Waals surface area contributed by atoms with Crippen LogP contribution in [0.1, 0.15) is 13.8 Å². The molecular formula is C8H11ClO. The largest absolute Gasteiger partial charge is 0.384 e. The van der Waals surface area contributed by atoms with Crippen LogP contribution >= 0.6 is 11.6 Å². The molecule has 0 aliphatic heterocycles. The number of alkyl halides is 1. The molecule has 56 valence electrons. The van der Waals surface area contributed by atoms with Crippen LogP contribution < -0.4 is 0 Å². The summed E-state index contributed by atoms with van der Waals surface area (Å²) in [5, 5.41) is 9.27. The van der Waals surface area contributed by atoms with Crippen molar-refractivity contribution in [3.8, 4) is 0 Å². The maximum absolute atomic E-state index is 9.55. The molecule has 0 aromatic carbocycles. The summed E-state index contributed by atoms with van der Waals surface area (Å²) in [4.78, 5) is 0. The minimum absolute atomic E-state index is 0.280. The molecule has 0 bridgehead atoms. The third kappa shape index (κ3) is 1.25. The fraction of sp³-hybridized carbons (Fsp3) is 0.500. The predicted octanol–water partition coefficient (Wildman–Crippen LogP) is 1.86. The van der Waals surface area contributed by atoms with Gasteiger partial charge in [-0.3, -0.25) is 0 Å². The van der Waals surface area contributed by atoms with Gasteiger partial charge in [0, 0.05) is 0 Å². The van der Waals surface area contributed by atoms with Crippen molar-refractivity contribution in [2.45, 2.75) is 24.8 Å². The molecule has 10 heavy (non-hydrogen) atoms. The Balaban J connectivity index is 2.89. The summed E-state index contributed by atoms with van der Waals surface area (Å²) in [6.45, 7) is 3.62.